The number of aliphatic carboxylic acids is 1. The quantitative estimate of drug-likeness (QED) is 0.135. The van der Waals surface area contributed by atoms with E-state index in [0.717, 1.165) is 25.7 Å². The van der Waals surface area contributed by atoms with E-state index in [-0.39, 0.29) is 17.9 Å². The number of phenols is 2. The van der Waals surface area contributed by atoms with Gasteiger partial charge in [-0.1, -0.05) is 25.3 Å². The Morgan fingerprint density at radius 2 is 1.46 bits per heavy atom. The minimum atomic E-state index is -1.31. The summed E-state index contributed by atoms with van der Waals surface area (Å²) >= 11 is 5.42. The maximum Gasteiger partial charge on any atom is 0.340 e. The van der Waals surface area contributed by atoms with Crippen LogP contribution in [0, 0.1) is 0 Å². The van der Waals surface area contributed by atoms with Gasteiger partial charge < -0.3 is 35.4 Å². The molecule has 0 radical (unpaired) electrons. The molecule has 0 aromatic heterocycles. The molecule has 0 atom stereocenters. The fourth-order valence-corrected chi connectivity index (χ4v) is 5.31. The Hall–Kier alpha value is -4.31. The van der Waals surface area contributed by atoms with E-state index in [1.807, 2.05) is 6.07 Å². The van der Waals surface area contributed by atoms with E-state index in [1.165, 1.54) is 24.3 Å². The first-order valence-corrected chi connectivity index (χ1v) is 13.2. The standard InChI is InChI=1S/C29H28N2O7S/c32-18-8-11-22-24(15-18)37-25-16-19(33)9-12-23(25)29(22)21-10-7-17(14-20(21)27(36)38-29)31-28(39)30-13-5-3-1-2-4-6-26(34)35/h7-12,14-16,32-33H,1-6,13H2,(H,34,35)(H2,30,31,39). The number of aromatic hydroxyl groups is 2. The zero-order chi connectivity index (χ0) is 27.6. The highest BCUT2D eigenvalue weighted by Crippen LogP contribution is 2.57. The van der Waals surface area contributed by atoms with Crippen LogP contribution in [0.15, 0.2) is 54.6 Å². The van der Waals surface area contributed by atoms with Crippen molar-refractivity contribution in [2.45, 2.75) is 44.1 Å². The zero-order valence-electron chi connectivity index (χ0n) is 21.0. The Labute approximate surface area is 230 Å². The van der Waals surface area contributed by atoms with Gasteiger partial charge in [0.1, 0.15) is 23.0 Å². The number of fused-ring (bicyclic) bond motifs is 6. The van der Waals surface area contributed by atoms with Gasteiger partial charge in [0.15, 0.2) is 10.7 Å². The van der Waals surface area contributed by atoms with E-state index in [9.17, 15) is 19.8 Å². The molecule has 0 aliphatic carbocycles. The average molecular weight is 549 g/mol. The highest BCUT2D eigenvalue weighted by Gasteiger charge is 2.53. The summed E-state index contributed by atoms with van der Waals surface area (Å²) in [6, 6.07) is 14.6. The summed E-state index contributed by atoms with van der Waals surface area (Å²) in [7, 11) is 0. The Bertz CT molecular complexity index is 1400. The number of anilines is 1. The summed E-state index contributed by atoms with van der Waals surface area (Å²) in [6.07, 6.45) is 4.65. The molecule has 5 N–H and O–H groups in total. The number of carbonyl (C=O) groups excluding carboxylic acids is 1. The molecule has 2 heterocycles. The third kappa shape index (κ3) is 5.20. The number of carboxylic acid groups (broad SMARTS) is 1. The minimum Gasteiger partial charge on any atom is -0.508 e. The van der Waals surface area contributed by atoms with Crippen molar-refractivity contribution in [3.63, 3.8) is 0 Å². The first kappa shape index (κ1) is 26.3. The first-order chi connectivity index (χ1) is 18.8. The van der Waals surface area contributed by atoms with Gasteiger partial charge in [-0.15, -0.1) is 0 Å². The number of carbonyl (C=O) groups is 2. The second kappa shape index (κ2) is 10.8. The molecular formula is C29H28N2O7S. The molecule has 2 aliphatic heterocycles. The Morgan fingerprint density at radius 3 is 2.13 bits per heavy atom. The highest BCUT2D eigenvalue weighted by atomic mass is 32.1. The van der Waals surface area contributed by atoms with Crippen molar-refractivity contribution in [2.24, 2.45) is 0 Å². The van der Waals surface area contributed by atoms with Crippen LogP contribution < -0.4 is 15.4 Å². The highest BCUT2D eigenvalue weighted by molar-refractivity contribution is 7.80. The second-order valence-electron chi connectivity index (χ2n) is 9.59. The number of carboxylic acids is 1. The molecule has 9 nitrogen and oxygen atoms in total. The lowest BCUT2D eigenvalue weighted by Crippen LogP contribution is -2.33. The molecule has 2 aliphatic rings. The molecular weight excluding hydrogens is 520 g/mol. The van der Waals surface area contributed by atoms with Gasteiger partial charge >= 0.3 is 11.9 Å². The molecule has 1 spiro atoms. The number of thiocarbonyl (C=S) groups is 1. The average Bonchev–Trinajstić information content (AvgIpc) is 3.17. The van der Waals surface area contributed by atoms with Crippen LogP contribution in [0.25, 0.3) is 0 Å². The van der Waals surface area contributed by atoms with Gasteiger partial charge in [0.25, 0.3) is 0 Å². The van der Waals surface area contributed by atoms with Gasteiger partial charge in [0.05, 0.1) is 5.56 Å². The molecule has 5 rings (SSSR count). The molecule has 0 saturated carbocycles. The fourth-order valence-electron chi connectivity index (χ4n) is 5.09. The van der Waals surface area contributed by atoms with Crippen LogP contribution in [0.2, 0.25) is 0 Å². The maximum absolute atomic E-state index is 13.2. The smallest absolute Gasteiger partial charge is 0.340 e. The Kier molecular flexibility index (Phi) is 7.30. The lowest BCUT2D eigenvalue weighted by Gasteiger charge is -2.36. The molecule has 0 amide bonds. The van der Waals surface area contributed by atoms with Gasteiger partial charge in [-0.2, -0.15) is 0 Å². The number of benzene rings is 3. The lowest BCUT2D eigenvalue weighted by atomic mass is 9.77. The van der Waals surface area contributed by atoms with Crippen LogP contribution in [-0.2, 0) is 15.1 Å². The van der Waals surface area contributed by atoms with Gasteiger partial charge in [-0.3, -0.25) is 4.79 Å². The number of rotatable bonds is 9. The van der Waals surface area contributed by atoms with Gasteiger partial charge in [-0.05, 0) is 61.5 Å². The third-order valence-corrected chi connectivity index (χ3v) is 7.13. The van der Waals surface area contributed by atoms with Crippen molar-refractivity contribution in [3.8, 4) is 23.0 Å². The van der Waals surface area contributed by atoms with Gasteiger partial charge in [0.2, 0.25) is 0 Å². The summed E-state index contributed by atoms with van der Waals surface area (Å²) < 4.78 is 12.1. The maximum atomic E-state index is 13.2. The largest absolute Gasteiger partial charge is 0.508 e. The molecule has 3 aromatic carbocycles. The molecule has 39 heavy (non-hydrogen) atoms. The van der Waals surface area contributed by atoms with Crippen LogP contribution in [0.4, 0.5) is 5.69 Å². The molecule has 202 valence electrons. The summed E-state index contributed by atoms with van der Waals surface area (Å²) in [6.45, 7) is 0.675. The topological polar surface area (TPSA) is 137 Å². The number of unbranched alkanes of at least 4 members (excludes halogenated alkanes) is 4. The number of hydrogen-bond donors (Lipinski definition) is 5. The molecule has 0 bridgehead atoms. The fraction of sp³-hybridized carbons (Fsp3) is 0.276. The van der Waals surface area contributed by atoms with Crippen LogP contribution in [0.1, 0.15) is 65.6 Å². The van der Waals surface area contributed by atoms with Crippen molar-refractivity contribution in [2.75, 3.05) is 11.9 Å². The van der Waals surface area contributed by atoms with Crippen molar-refractivity contribution in [1.82, 2.24) is 5.32 Å². The van der Waals surface area contributed by atoms with Crippen LogP contribution in [0.3, 0.4) is 0 Å². The number of hydrogen-bond acceptors (Lipinski definition) is 7. The summed E-state index contributed by atoms with van der Waals surface area (Å²) in [5, 5.41) is 35.5. The Morgan fingerprint density at radius 1 is 0.846 bits per heavy atom. The number of nitrogens with one attached hydrogen (secondary N) is 2. The van der Waals surface area contributed by atoms with Gasteiger partial charge in [-0.25, -0.2) is 4.79 Å². The van der Waals surface area contributed by atoms with Crippen molar-refractivity contribution >= 4 is 35.0 Å². The van der Waals surface area contributed by atoms with E-state index in [0.29, 0.717) is 57.5 Å². The van der Waals surface area contributed by atoms with Crippen LogP contribution in [-0.4, -0.2) is 38.9 Å². The Balaban J connectivity index is 1.31. The lowest BCUT2D eigenvalue weighted by molar-refractivity contribution is -0.137. The zero-order valence-corrected chi connectivity index (χ0v) is 21.8. The molecule has 10 heteroatoms. The number of phenolic OH excluding ortho intramolecular Hbond substituents is 2. The molecule has 0 unspecified atom stereocenters. The summed E-state index contributed by atoms with van der Waals surface area (Å²) in [5.41, 5.74) is 1.42. The third-order valence-electron chi connectivity index (χ3n) is 6.88. The van der Waals surface area contributed by atoms with Crippen molar-refractivity contribution in [3.05, 3.63) is 76.9 Å². The molecule has 3 aromatic rings. The number of ether oxygens (including phenoxy) is 2. The van der Waals surface area contributed by atoms with Crippen LogP contribution >= 0.6 is 12.2 Å². The minimum absolute atomic E-state index is 0.00389. The SMILES string of the molecule is O=C(O)CCCCCCCNC(=S)Nc1ccc2c(c1)C(=O)OC21c2ccc(O)cc2Oc2cc(O)ccc21. The summed E-state index contributed by atoms with van der Waals surface area (Å²) in [5.74, 6) is -0.639. The second-order valence-corrected chi connectivity index (χ2v) is 9.99. The molecule has 0 fully saturated rings. The normalized spacial score (nSPS) is 14.0. The van der Waals surface area contributed by atoms with E-state index >= 15 is 0 Å². The van der Waals surface area contributed by atoms with E-state index in [2.05, 4.69) is 10.6 Å². The van der Waals surface area contributed by atoms with Gasteiger partial charge in [0, 0.05) is 47.5 Å². The predicted octanol–water partition coefficient (Wildman–Crippen LogP) is 5.38. The van der Waals surface area contributed by atoms with Crippen LogP contribution in [0.5, 0.6) is 23.0 Å². The van der Waals surface area contributed by atoms with E-state index < -0.39 is 17.5 Å². The van der Waals surface area contributed by atoms with E-state index in [4.69, 9.17) is 26.8 Å². The predicted molar refractivity (Wildman–Crippen MR) is 148 cm³/mol. The first-order valence-electron chi connectivity index (χ1n) is 12.8. The van der Waals surface area contributed by atoms with Crippen molar-refractivity contribution in [1.29, 1.82) is 0 Å². The van der Waals surface area contributed by atoms with E-state index in [1.54, 1.807) is 24.3 Å². The number of esters is 1. The monoisotopic (exact) mass is 548 g/mol. The summed E-state index contributed by atoms with van der Waals surface area (Å²) in [4.78, 5) is 23.8. The van der Waals surface area contributed by atoms with Crippen molar-refractivity contribution < 1.29 is 34.4 Å². The molecule has 0 saturated heterocycles.